The maximum atomic E-state index is 6.08. The second kappa shape index (κ2) is 7.23. The van der Waals surface area contributed by atoms with Gasteiger partial charge in [0.25, 0.3) is 0 Å². The quantitative estimate of drug-likeness (QED) is 0.788. The average molecular weight is 292 g/mol. The molecule has 1 rings (SSSR count). The summed E-state index contributed by atoms with van der Waals surface area (Å²) in [5.41, 5.74) is 1.14. The zero-order valence-electron chi connectivity index (χ0n) is 8.82. The van der Waals surface area contributed by atoms with Crippen molar-refractivity contribution in [1.82, 2.24) is 10.6 Å². The number of halogens is 2. The molecule has 0 heterocycles. The van der Waals surface area contributed by atoms with Gasteiger partial charge in [0.1, 0.15) is 0 Å². The summed E-state index contributed by atoms with van der Waals surface area (Å²) >= 11 is 9.47. The fourth-order valence-corrected chi connectivity index (χ4v) is 1.98. The number of hydrogen-bond acceptors (Lipinski definition) is 2. The van der Waals surface area contributed by atoms with Crippen molar-refractivity contribution in [3.05, 3.63) is 33.3 Å². The molecule has 0 atom stereocenters. The molecule has 4 heteroatoms. The highest BCUT2D eigenvalue weighted by Crippen LogP contribution is 2.20. The zero-order valence-corrected chi connectivity index (χ0v) is 11.2. The van der Waals surface area contributed by atoms with Crippen LogP contribution in [0.4, 0.5) is 0 Å². The van der Waals surface area contributed by atoms with Crippen molar-refractivity contribution in [2.45, 2.75) is 13.5 Å². The highest BCUT2D eigenvalue weighted by Gasteiger charge is 1.99. The third-order valence-electron chi connectivity index (χ3n) is 2.06. The van der Waals surface area contributed by atoms with Gasteiger partial charge in [-0.3, -0.25) is 0 Å². The number of rotatable bonds is 6. The number of hydrogen-bond donors (Lipinski definition) is 2. The molecule has 0 aromatic heterocycles. The smallest absolute Gasteiger partial charge is 0.0462 e. The van der Waals surface area contributed by atoms with Crippen molar-refractivity contribution < 1.29 is 0 Å². The van der Waals surface area contributed by atoms with Gasteiger partial charge < -0.3 is 10.6 Å². The molecule has 15 heavy (non-hydrogen) atoms. The third-order valence-corrected chi connectivity index (χ3v) is 2.90. The van der Waals surface area contributed by atoms with E-state index in [0.29, 0.717) is 0 Å². The molecule has 0 spiro atoms. The summed E-state index contributed by atoms with van der Waals surface area (Å²) in [6, 6.07) is 5.96. The first kappa shape index (κ1) is 13.0. The van der Waals surface area contributed by atoms with E-state index in [1.165, 1.54) is 0 Å². The summed E-state index contributed by atoms with van der Waals surface area (Å²) in [6.45, 7) is 5.88. The van der Waals surface area contributed by atoms with Gasteiger partial charge in [0.2, 0.25) is 0 Å². The van der Waals surface area contributed by atoms with Crippen molar-refractivity contribution in [2.24, 2.45) is 0 Å². The van der Waals surface area contributed by atoms with Gasteiger partial charge in [0.15, 0.2) is 0 Å². The molecule has 0 radical (unpaired) electrons. The fourth-order valence-electron chi connectivity index (χ4n) is 1.24. The van der Waals surface area contributed by atoms with Crippen LogP contribution in [0.2, 0.25) is 5.02 Å². The van der Waals surface area contributed by atoms with Crippen molar-refractivity contribution in [2.75, 3.05) is 19.6 Å². The van der Waals surface area contributed by atoms with Crippen LogP contribution >= 0.6 is 27.5 Å². The number of nitrogens with one attached hydrogen (secondary N) is 2. The molecule has 0 aliphatic rings. The Labute approximate surface area is 105 Å². The molecule has 1 aromatic rings. The maximum absolute atomic E-state index is 6.08. The molecule has 0 saturated carbocycles. The molecule has 0 unspecified atom stereocenters. The minimum atomic E-state index is 0.806. The Morgan fingerprint density at radius 2 is 2.00 bits per heavy atom. The summed E-state index contributed by atoms with van der Waals surface area (Å²) < 4.78 is 1.02. The summed E-state index contributed by atoms with van der Waals surface area (Å²) in [7, 11) is 0. The molecule has 0 bridgehead atoms. The number of benzene rings is 1. The Morgan fingerprint density at radius 1 is 1.27 bits per heavy atom. The Bertz CT molecular complexity index is 305. The molecule has 0 amide bonds. The van der Waals surface area contributed by atoms with E-state index in [0.717, 1.165) is 41.2 Å². The van der Waals surface area contributed by atoms with Crippen molar-refractivity contribution >= 4 is 27.5 Å². The average Bonchev–Trinajstić information content (AvgIpc) is 2.20. The van der Waals surface area contributed by atoms with Gasteiger partial charge in [-0.25, -0.2) is 0 Å². The molecule has 2 nitrogen and oxygen atoms in total. The second-order valence-electron chi connectivity index (χ2n) is 3.27. The van der Waals surface area contributed by atoms with Gasteiger partial charge >= 0.3 is 0 Å². The van der Waals surface area contributed by atoms with Crippen LogP contribution in [-0.4, -0.2) is 19.6 Å². The third kappa shape index (κ3) is 4.98. The minimum Gasteiger partial charge on any atom is -0.316 e. The Morgan fingerprint density at radius 3 is 2.67 bits per heavy atom. The molecule has 0 aliphatic heterocycles. The lowest BCUT2D eigenvalue weighted by molar-refractivity contribution is 0.625. The fraction of sp³-hybridized carbons (Fsp3) is 0.455. The van der Waals surface area contributed by atoms with Crippen LogP contribution in [0.1, 0.15) is 12.5 Å². The van der Waals surface area contributed by atoms with E-state index in [9.17, 15) is 0 Å². The van der Waals surface area contributed by atoms with Gasteiger partial charge in [0.05, 0.1) is 0 Å². The van der Waals surface area contributed by atoms with E-state index in [1.807, 2.05) is 18.2 Å². The van der Waals surface area contributed by atoms with Gasteiger partial charge in [-0.2, -0.15) is 0 Å². The monoisotopic (exact) mass is 290 g/mol. The second-order valence-corrected chi connectivity index (χ2v) is 4.59. The van der Waals surface area contributed by atoms with Crippen molar-refractivity contribution in [3.63, 3.8) is 0 Å². The summed E-state index contributed by atoms with van der Waals surface area (Å²) in [6.07, 6.45) is 0. The summed E-state index contributed by atoms with van der Waals surface area (Å²) in [4.78, 5) is 0. The van der Waals surface area contributed by atoms with Gasteiger partial charge in [-0.1, -0.05) is 40.5 Å². The first-order valence-electron chi connectivity index (χ1n) is 5.09. The first-order chi connectivity index (χ1) is 7.24. The topological polar surface area (TPSA) is 24.1 Å². The molecular weight excluding hydrogens is 275 g/mol. The Hall–Kier alpha value is -0.0900. The minimum absolute atomic E-state index is 0.806. The lowest BCUT2D eigenvalue weighted by atomic mass is 10.2. The highest BCUT2D eigenvalue weighted by molar-refractivity contribution is 9.10. The zero-order chi connectivity index (χ0) is 11.1. The Kier molecular flexibility index (Phi) is 6.25. The maximum Gasteiger partial charge on any atom is 0.0462 e. The molecule has 0 fully saturated rings. The predicted molar refractivity (Wildman–Crippen MR) is 69.4 cm³/mol. The molecular formula is C11H16BrClN2. The van der Waals surface area contributed by atoms with Crippen LogP contribution in [0.15, 0.2) is 22.7 Å². The standard InChI is InChI=1S/C11H16BrClN2/c1-2-14-5-6-15-8-9-3-4-10(12)7-11(9)13/h3-4,7,14-15H,2,5-6,8H2,1H3. The normalized spacial score (nSPS) is 10.6. The molecule has 2 N–H and O–H groups in total. The SMILES string of the molecule is CCNCCNCc1ccc(Br)cc1Cl. The predicted octanol–water partition coefficient (Wildman–Crippen LogP) is 2.80. The van der Waals surface area contributed by atoms with Crippen LogP contribution in [-0.2, 0) is 6.54 Å². The van der Waals surface area contributed by atoms with E-state index in [2.05, 4.69) is 33.5 Å². The van der Waals surface area contributed by atoms with Crippen LogP contribution in [0, 0.1) is 0 Å². The largest absolute Gasteiger partial charge is 0.316 e. The molecule has 0 saturated heterocycles. The lowest BCUT2D eigenvalue weighted by Crippen LogP contribution is -2.26. The highest BCUT2D eigenvalue weighted by atomic mass is 79.9. The summed E-state index contributed by atoms with van der Waals surface area (Å²) in [5.74, 6) is 0. The van der Waals surface area contributed by atoms with E-state index in [4.69, 9.17) is 11.6 Å². The van der Waals surface area contributed by atoms with E-state index in [1.54, 1.807) is 0 Å². The molecule has 0 aliphatic carbocycles. The van der Waals surface area contributed by atoms with Gasteiger partial charge in [0, 0.05) is 29.1 Å². The van der Waals surface area contributed by atoms with Crippen LogP contribution in [0.25, 0.3) is 0 Å². The summed E-state index contributed by atoms with van der Waals surface area (Å²) in [5, 5.41) is 7.40. The van der Waals surface area contributed by atoms with Crippen molar-refractivity contribution in [1.29, 1.82) is 0 Å². The first-order valence-corrected chi connectivity index (χ1v) is 6.26. The van der Waals surface area contributed by atoms with Gasteiger partial charge in [-0.05, 0) is 24.2 Å². The molecule has 1 aromatic carbocycles. The van der Waals surface area contributed by atoms with Gasteiger partial charge in [-0.15, -0.1) is 0 Å². The van der Waals surface area contributed by atoms with E-state index in [-0.39, 0.29) is 0 Å². The van der Waals surface area contributed by atoms with Crippen LogP contribution < -0.4 is 10.6 Å². The molecule has 84 valence electrons. The van der Waals surface area contributed by atoms with E-state index >= 15 is 0 Å². The van der Waals surface area contributed by atoms with E-state index < -0.39 is 0 Å². The van der Waals surface area contributed by atoms with Crippen molar-refractivity contribution in [3.8, 4) is 0 Å². The lowest BCUT2D eigenvalue weighted by Gasteiger charge is -2.07. The Balaban J connectivity index is 2.31. The van der Waals surface area contributed by atoms with Crippen LogP contribution in [0.3, 0.4) is 0 Å². The van der Waals surface area contributed by atoms with Crippen LogP contribution in [0.5, 0.6) is 0 Å². The number of likely N-dealkylation sites (N-methyl/N-ethyl adjacent to an activating group) is 1.